The van der Waals surface area contributed by atoms with E-state index >= 15 is 0 Å². The number of hydrogen-bond donors (Lipinski definition) is 1. The Labute approximate surface area is 121 Å². The van der Waals surface area contributed by atoms with Gasteiger partial charge in [0.15, 0.2) is 0 Å². The molecule has 0 atom stereocenters. The van der Waals surface area contributed by atoms with Gasteiger partial charge in [-0.05, 0) is 41.8 Å². The molecule has 3 rings (SSSR count). The molecule has 0 amide bonds. The van der Waals surface area contributed by atoms with E-state index in [2.05, 4.69) is 76.4 Å². The van der Waals surface area contributed by atoms with E-state index in [4.69, 9.17) is 0 Å². The van der Waals surface area contributed by atoms with Crippen molar-refractivity contribution < 1.29 is 0 Å². The van der Waals surface area contributed by atoms with Crippen molar-refractivity contribution in [3.8, 4) is 22.5 Å². The summed E-state index contributed by atoms with van der Waals surface area (Å²) in [5, 5.41) is 0. The third kappa shape index (κ3) is 2.49. The van der Waals surface area contributed by atoms with Gasteiger partial charge in [-0.1, -0.05) is 58.4 Å². The summed E-state index contributed by atoms with van der Waals surface area (Å²) in [6.07, 6.45) is 0. The Morgan fingerprint density at radius 1 is 0.842 bits per heavy atom. The lowest BCUT2D eigenvalue weighted by Crippen LogP contribution is -1.81. The van der Waals surface area contributed by atoms with Crippen LogP contribution in [0, 0.1) is 6.92 Å². The molecule has 0 aliphatic carbocycles. The van der Waals surface area contributed by atoms with Crippen LogP contribution in [0.15, 0.2) is 65.1 Å². The number of benzene rings is 2. The largest absolute Gasteiger partial charge is 0.354 e. The molecule has 0 unspecified atom stereocenters. The molecule has 0 fully saturated rings. The second-order valence-electron chi connectivity index (χ2n) is 4.62. The minimum Gasteiger partial charge on any atom is -0.354 e. The van der Waals surface area contributed by atoms with E-state index in [0.717, 1.165) is 10.2 Å². The van der Waals surface area contributed by atoms with Crippen molar-refractivity contribution >= 4 is 15.9 Å². The highest BCUT2D eigenvalue weighted by Gasteiger charge is 2.08. The van der Waals surface area contributed by atoms with E-state index in [0.29, 0.717) is 0 Å². The lowest BCUT2D eigenvalue weighted by Gasteiger charge is -2.01. The zero-order valence-corrected chi connectivity index (χ0v) is 12.2. The number of aryl methyl sites for hydroxylation is 1. The average molecular weight is 312 g/mol. The highest BCUT2D eigenvalue weighted by Crippen LogP contribution is 2.29. The Kier molecular flexibility index (Phi) is 3.26. The highest BCUT2D eigenvalue weighted by atomic mass is 79.9. The predicted molar refractivity (Wildman–Crippen MR) is 84.1 cm³/mol. The molecule has 19 heavy (non-hydrogen) atoms. The van der Waals surface area contributed by atoms with Gasteiger partial charge in [-0.15, -0.1) is 0 Å². The normalized spacial score (nSPS) is 10.6. The first-order chi connectivity index (χ1) is 9.24. The maximum absolute atomic E-state index is 3.52. The van der Waals surface area contributed by atoms with E-state index in [9.17, 15) is 0 Å². The van der Waals surface area contributed by atoms with Crippen LogP contribution >= 0.6 is 15.9 Å². The van der Waals surface area contributed by atoms with Crippen LogP contribution in [-0.4, -0.2) is 4.98 Å². The summed E-state index contributed by atoms with van der Waals surface area (Å²) in [6.45, 7) is 2.14. The van der Waals surface area contributed by atoms with Gasteiger partial charge in [0.2, 0.25) is 0 Å². The molecule has 94 valence electrons. The number of halogens is 1. The Bertz CT molecular complexity index is 698. The SMILES string of the molecule is Cc1cc(-c2ccccc2)[nH]c1-c1cccc(Br)c1. The van der Waals surface area contributed by atoms with Crippen molar-refractivity contribution in [3.05, 3.63) is 70.7 Å². The third-order valence-corrected chi connectivity index (χ3v) is 3.71. The fourth-order valence-electron chi connectivity index (χ4n) is 2.28. The molecule has 0 aliphatic rings. The van der Waals surface area contributed by atoms with Crippen LogP contribution in [0.25, 0.3) is 22.5 Å². The van der Waals surface area contributed by atoms with E-state index < -0.39 is 0 Å². The molecule has 3 aromatic rings. The quantitative estimate of drug-likeness (QED) is 0.650. The van der Waals surface area contributed by atoms with Crippen molar-refractivity contribution in [2.75, 3.05) is 0 Å². The lowest BCUT2D eigenvalue weighted by molar-refractivity contribution is 1.37. The molecule has 0 aliphatic heterocycles. The smallest absolute Gasteiger partial charge is 0.0488 e. The first kappa shape index (κ1) is 12.2. The van der Waals surface area contributed by atoms with Gasteiger partial charge in [-0.25, -0.2) is 0 Å². The molecular formula is C17H14BrN. The number of nitrogens with one attached hydrogen (secondary N) is 1. The van der Waals surface area contributed by atoms with Gasteiger partial charge in [0, 0.05) is 15.9 Å². The van der Waals surface area contributed by atoms with Crippen molar-refractivity contribution in [1.29, 1.82) is 0 Å². The van der Waals surface area contributed by atoms with Gasteiger partial charge in [-0.3, -0.25) is 0 Å². The van der Waals surface area contributed by atoms with Crippen molar-refractivity contribution in [2.24, 2.45) is 0 Å². The van der Waals surface area contributed by atoms with E-state index in [1.54, 1.807) is 0 Å². The second-order valence-corrected chi connectivity index (χ2v) is 5.53. The summed E-state index contributed by atoms with van der Waals surface area (Å²) in [5.41, 5.74) is 6.02. The Balaban J connectivity index is 2.08. The topological polar surface area (TPSA) is 15.8 Å². The van der Waals surface area contributed by atoms with Crippen LogP contribution in [0.4, 0.5) is 0 Å². The molecule has 1 aromatic heterocycles. The van der Waals surface area contributed by atoms with E-state index in [1.165, 1.54) is 22.4 Å². The number of hydrogen-bond acceptors (Lipinski definition) is 0. The molecule has 0 bridgehead atoms. The molecular weight excluding hydrogens is 298 g/mol. The van der Waals surface area contributed by atoms with E-state index in [1.807, 2.05) is 12.1 Å². The Morgan fingerprint density at radius 3 is 2.32 bits per heavy atom. The minimum atomic E-state index is 1.10. The molecule has 0 saturated heterocycles. The standard InChI is InChI=1S/C17H14BrN/c1-12-10-16(13-6-3-2-4-7-13)19-17(12)14-8-5-9-15(18)11-14/h2-11,19H,1H3. The highest BCUT2D eigenvalue weighted by molar-refractivity contribution is 9.10. The van der Waals surface area contributed by atoms with Crippen molar-refractivity contribution in [2.45, 2.75) is 6.92 Å². The van der Waals surface area contributed by atoms with Gasteiger partial charge in [0.25, 0.3) is 0 Å². The molecule has 1 nitrogen and oxygen atoms in total. The maximum Gasteiger partial charge on any atom is 0.0488 e. The Morgan fingerprint density at radius 2 is 1.58 bits per heavy atom. The summed E-state index contributed by atoms with van der Waals surface area (Å²) in [4.78, 5) is 3.52. The number of rotatable bonds is 2. The van der Waals surface area contributed by atoms with Crippen LogP contribution in [-0.2, 0) is 0 Å². The van der Waals surface area contributed by atoms with Crippen LogP contribution < -0.4 is 0 Å². The first-order valence-corrected chi connectivity index (χ1v) is 7.04. The molecule has 2 heteroatoms. The van der Waals surface area contributed by atoms with Gasteiger partial charge >= 0.3 is 0 Å². The molecule has 0 spiro atoms. The van der Waals surface area contributed by atoms with Crippen molar-refractivity contribution in [1.82, 2.24) is 4.98 Å². The molecule has 0 saturated carbocycles. The average Bonchev–Trinajstić information content (AvgIpc) is 2.82. The first-order valence-electron chi connectivity index (χ1n) is 6.25. The minimum absolute atomic E-state index is 1.10. The molecule has 1 N–H and O–H groups in total. The monoisotopic (exact) mass is 311 g/mol. The number of H-pyrrole nitrogens is 1. The van der Waals surface area contributed by atoms with Gasteiger partial charge in [0.1, 0.15) is 0 Å². The lowest BCUT2D eigenvalue weighted by atomic mass is 10.1. The molecule has 0 radical (unpaired) electrons. The summed E-state index contributed by atoms with van der Waals surface area (Å²) in [5.74, 6) is 0. The van der Waals surface area contributed by atoms with Crippen LogP contribution in [0.3, 0.4) is 0 Å². The number of aromatic amines is 1. The van der Waals surface area contributed by atoms with Crippen LogP contribution in [0.5, 0.6) is 0 Å². The summed E-state index contributed by atoms with van der Waals surface area (Å²) >= 11 is 3.52. The summed E-state index contributed by atoms with van der Waals surface area (Å²) in [6, 6.07) is 21.0. The molecule has 1 heterocycles. The fraction of sp³-hybridized carbons (Fsp3) is 0.0588. The van der Waals surface area contributed by atoms with Crippen molar-refractivity contribution in [3.63, 3.8) is 0 Å². The summed E-state index contributed by atoms with van der Waals surface area (Å²) in [7, 11) is 0. The van der Waals surface area contributed by atoms with Gasteiger partial charge in [-0.2, -0.15) is 0 Å². The van der Waals surface area contributed by atoms with Gasteiger partial charge < -0.3 is 4.98 Å². The van der Waals surface area contributed by atoms with Gasteiger partial charge in [0.05, 0.1) is 0 Å². The second kappa shape index (κ2) is 5.06. The van der Waals surface area contributed by atoms with E-state index in [-0.39, 0.29) is 0 Å². The number of aromatic nitrogens is 1. The zero-order chi connectivity index (χ0) is 13.2. The maximum atomic E-state index is 3.52. The van der Waals surface area contributed by atoms with Crippen LogP contribution in [0.2, 0.25) is 0 Å². The third-order valence-electron chi connectivity index (χ3n) is 3.21. The Hall–Kier alpha value is -1.80. The predicted octanol–water partition coefficient (Wildman–Crippen LogP) is 5.42. The zero-order valence-electron chi connectivity index (χ0n) is 10.7. The van der Waals surface area contributed by atoms with Crippen LogP contribution in [0.1, 0.15) is 5.56 Å². The fourth-order valence-corrected chi connectivity index (χ4v) is 2.67. The summed E-state index contributed by atoms with van der Waals surface area (Å²) < 4.78 is 1.10. The molecule has 2 aromatic carbocycles.